The molecule has 3 aromatic rings. The number of quaternary nitrogens is 1. The van der Waals surface area contributed by atoms with Gasteiger partial charge >= 0.3 is 0 Å². The Hall–Kier alpha value is -5.64. The van der Waals surface area contributed by atoms with Gasteiger partial charge < -0.3 is 41.4 Å². The molecule has 16 heteroatoms. The summed E-state index contributed by atoms with van der Waals surface area (Å²) in [6.07, 6.45) is 5.25. The number of ether oxygens (including phenoxy) is 2. The Bertz CT molecular complexity index is 1680. The van der Waals surface area contributed by atoms with Crippen molar-refractivity contribution >= 4 is 41.0 Å². The number of aromatic nitrogens is 2. The molecule has 274 valence electrons. The zero-order valence-corrected chi connectivity index (χ0v) is 29.7. The van der Waals surface area contributed by atoms with Crippen LogP contribution in [0.5, 0.6) is 11.5 Å². The standard InChI is InChI=1S/C36H43ClN10O5/c37-33-35(41)46-34(40)32(45-33)36(50)44-27-6-3-21-47(22-27,19-1-4-25-7-11-28(12-8-25)51-23-30(48)42-17-15-38)20-2-5-26-9-13-29(14-10-26)52-24-31(49)43-18-16-39/h7-14,27H,1-6,17-24H2,(H6-,40,41,42,43,44,46,48,49,50)/p+1. The number of anilines is 2. The number of nitrogens with zero attached hydrogens (tertiary/aromatic N) is 5. The molecule has 2 heterocycles. The molecular weight excluding hydrogens is 688 g/mol. The van der Waals surface area contributed by atoms with Crippen LogP contribution in [-0.4, -0.2) is 90.7 Å². The number of benzene rings is 2. The van der Waals surface area contributed by atoms with Gasteiger partial charge in [-0.3, -0.25) is 14.4 Å². The molecule has 0 aliphatic carbocycles. The van der Waals surface area contributed by atoms with Crippen LogP contribution >= 0.6 is 11.6 Å². The highest BCUT2D eigenvalue weighted by atomic mass is 35.5. The Balaban J connectivity index is 1.37. The number of rotatable bonds is 18. The lowest BCUT2D eigenvalue weighted by Crippen LogP contribution is -2.60. The Morgan fingerprint density at radius 3 is 1.85 bits per heavy atom. The number of nitriles is 2. The maximum Gasteiger partial charge on any atom is 0.274 e. The van der Waals surface area contributed by atoms with Crippen LogP contribution in [0.25, 0.3) is 0 Å². The third-order valence-electron chi connectivity index (χ3n) is 8.76. The normalized spacial score (nSPS) is 14.6. The second-order valence-corrected chi connectivity index (χ2v) is 12.9. The van der Waals surface area contributed by atoms with Crippen molar-refractivity contribution in [2.45, 2.75) is 44.6 Å². The van der Waals surface area contributed by atoms with Gasteiger partial charge in [0.1, 0.15) is 24.6 Å². The van der Waals surface area contributed by atoms with Crippen molar-refractivity contribution in [2.24, 2.45) is 0 Å². The SMILES string of the molecule is N#CCNC(=O)COc1ccc(CCC[N+]2(CCCc3ccc(OCC(=O)NCC#N)cc3)CCCC(NC(=O)c3nc(Cl)c(N)nc3N)C2)cc1. The van der Waals surface area contributed by atoms with E-state index in [2.05, 4.69) is 25.9 Å². The molecular formula is C36H44ClN10O5+. The second kappa shape index (κ2) is 19.7. The average Bonchev–Trinajstić information content (AvgIpc) is 3.14. The summed E-state index contributed by atoms with van der Waals surface area (Å²) in [5.41, 5.74) is 13.9. The molecule has 15 nitrogen and oxygen atoms in total. The smallest absolute Gasteiger partial charge is 0.274 e. The van der Waals surface area contributed by atoms with Gasteiger partial charge in [0, 0.05) is 12.8 Å². The first-order valence-corrected chi connectivity index (χ1v) is 17.4. The van der Waals surface area contributed by atoms with Crippen LogP contribution in [0.1, 0.15) is 47.3 Å². The van der Waals surface area contributed by atoms with Crippen molar-refractivity contribution in [3.05, 3.63) is 70.5 Å². The molecule has 1 aliphatic rings. The topological polar surface area (TPSA) is 231 Å². The minimum Gasteiger partial charge on any atom is -0.484 e. The van der Waals surface area contributed by atoms with E-state index in [1.54, 1.807) is 0 Å². The van der Waals surface area contributed by atoms with Crippen molar-refractivity contribution in [1.29, 1.82) is 10.5 Å². The molecule has 1 fully saturated rings. The van der Waals surface area contributed by atoms with Crippen molar-refractivity contribution in [3.8, 4) is 23.6 Å². The van der Waals surface area contributed by atoms with E-state index in [9.17, 15) is 14.4 Å². The number of likely N-dealkylation sites (tertiary alicyclic amines) is 1. The predicted octanol–water partition coefficient (Wildman–Crippen LogP) is 2.31. The van der Waals surface area contributed by atoms with Crippen molar-refractivity contribution in [3.63, 3.8) is 0 Å². The number of carbonyl (C=O) groups is 3. The first kappa shape index (κ1) is 39.2. The van der Waals surface area contributed by atoms with Crippen molar-refractivity contribution in [1.82, 2.24) is 25.9 Å². The van der Waals surface area contributed by atoms with Crippen molar-refractivity contribution in [2.75, 3.05) is 63.9 Å². The van der Waals surface area contributed by atoms with E-state index < -0.39 is 5.91 Å². The number of nitrogens with two attached hydrogens (primary N) is 2. The molecule has 0 saturated carbocycles. The predicted molar refractivity (Wildman–Crippen MR) is 194 cm³/mol. The molecule has 3 amide bonds. The van der Waals surface area contributed by atoms with E-state index in [-0.39, 0.29) is 66.6 Å². The fourth-order valence-electron chi connectivity index (χ4n) is 6.24. The number of nitrogen functional groups attached to an aromatic ring is 2. The minimum absolute atomic E-state index is 0.0350. The summed E-state index contributed by atoms with van der Waals surface area (Å²) in [4.78, 5) is 44.7. The first-order valence-electron chi connectivity index (χ1n) is 17.0. The molecule has 52 heavy (non-hydrogen) atoms. The van der Waals surface area contributed by atoms with E-state index in [1.165, 1.54) is 0 Å². The maximum absolute atomic E-state index is 13.2. The molecule has 1 aromatic heterocycles. The monoisotopic (exact) mass is 731 g/mol. The molecule has 0 spiro atoms. The second-order valence-electron chi connectivity index (χ2n) is 12.6. The Kier molecular flexibility index (Phi) is 14.8. The van der Waals surface area contributed by atoms with Crippen LogP contribution in [0.4, 0.5) is 11.6 Å². The van der Waals surface area contributed by atoms with Gasteiger partial charge in [0.15, 0.2) is 35.7 Å². The van der Waals surface area contributed by atoms with Gasteiger partial charge in [-0.15, -0.1) is 0 Å². The largest absolute Gasteiger partial charge is 0.484 e. The number of aryl methyl sites for hydroxylation is 2. The fraction of sp³-hybridized carbons (Fsp3) is 0.417. The average molecular weight is 732 g/mol. The van der Waals surface area contributed by atoms with Crippen LogP contribution in [0.2, 0.25) is 5.15 Å². The van der Waals surface area contributed by atoms with Crippen molar-refractivity contribution < 1.29 is 28.3 Å². The molecule has 0 bridgehead atoms. The molecule has 1 saturated heterocycles. The summed E-state index contributed by atoms with van der Waals surface area (Å²) >= 11 is 6.04. The van der Waals surface area contributed by atoms with Gasteiger partial charge in [0.05, 0.1) is 44.4 Å². The Morgan fingerprint density at radius 2 is 1.35 bits per heavy atom. The van der Waals surface area contributed by atoms with Gasteiger partial charge in [-0.1, -0.05) is 35.9 Å². The van der Waals surface area contributed by atoms with E-state index >= 15 is 0 Å². The summed E-state index contributed by atoms with van der Waals surface area (Å²) in [5.74, 6) is -0.118. The zero-order chi connectivity index (χ0) is 37.3. The highest BCUT2D eigenvalue weighted by molar-refractivity contribution is 6.31. The number of halogens is 1. The van der Waals surface area contributed by atoms with Crippen LogP contribution in [0.3, 0.4) is 0 Å². The summed E-state index contributed by atoms with van der Waals surface area (Å²) in [5, 5.41) is 25.1. The lowest BCUT2D eigenvalue weighted by molar-refractivity contribution is -0.933. The summed E-state index contributed by atoms with van der Waals surface area (Å²) in [7, 11) is 0. The van der Waals surface area contributed by atoms with E-state index in [1.807, 2.05) is 60.7 Å². The summed E-state index contributed by atoms with van der Waals surface area (Å²) in [6.45, 7) is 3.07. The number of carbonyl (C=O) groups excluding carboxylic acids is 3. The number of hydrogen-bond donors (Lipinski definition) is 5. The highest BCUT2D eigenvalue weighted by Gasteiger charge is 2.35. The Labute approximate surface area is 307 Å². The number of piperidine rings is 1. The summed E-state index contributed by atoms with van der Waals surface area (Å²) < 4.78 is 11.9. The lowest BCUT2D eigenvalue weighted by Gasteiger charge is -2.45. The fourth-order valence-corrected chi connectivity index (χ4v) is 6.37. The minimum atomic E-state index is -0.438. The molecule has 7 N–H and O–H groups in total. The number of nitrogens with one attached hydrogen (secondary N) is 3. The zero-order valence-electron chi connectivity index (χ0n) is 28.9. The Morgan fingerprint density at radius 1 is 0.827 bits per heavy atom. The molecule has 1 atom stereocenters. The quantitative estimate of drug-likeness (QED) is 0.0941. The first-order chi connectivity index (χ1) is 25.1. The van der Waals surface area contributed by atoms with Crippen LogP contribution in [-0.2, 0) is 22.4 Å². The number of hydrogen-bond acceptors (Lipinski definition) is 11. The van der Waals surface area contributed by atoms with E-state index in [4.69, 9.17) is 43.1 Å². The maximum atomic E-state index is 13.2. The molecule has 4 rings (SSSR count). The highest BCUT2D eigenvalue weighted by Crippen LogP contribution is 2.25. The van der Waals surface area contributed by atoms with E-state index in [0.29, 0.717) is 11.5 Å². The molecule has 1 aliphatic heterocycles. The molecule has 2 aromatic carbocycles. The van der Waals surface area contributed by atoms with Gasteiger partial charge in [-0.25, -0.2) is 9.97 Å². The molecule has 1 unspecified atom stereocenters. The third-order valence-corrected chi connectivity index (χ3v) is 9.04. The van der Waals surface area contributed by atoms with Crippen LogP contribution in [0.15, 0.2) is 48.5 Å². The van der Waals surface area contributed by atoms with Crippen LogP contribution in [0, 0.1) is 22.7 Å². The van der Waals surface area contributed by atoms with E-state index in [0.717, 1.165) is 80.3 Å². The molecule has 0 radical (unpaired) electrons. The van der Waals surface area contributed by atoms with Gasteiger partial charge in [-0.2, -0.15) is 10.5 Å². The van der Waals surface area contributed by atoms with Gasteiger partial charge in [0.2, 0.25) is 0 Å². The lowest BCUT2D eigenvalue weighted by atomic mass is 9.99. The number of amides is 3. The van der Waals surface area contributed by atoms with Gasteiger partial charge in [0.25, 0.3) is 17.7 Å². The van der Waals surface area contributed by atoms with Gasteiger partial charge in [-0.05, 0) is 61.1 Å². The summed E-state index contributed by atoms with van der Waals surface area (Å²) in [6, 6.07) is 18.9. The van der Waals surface area contributed by atoms with Crippen LogP contribution < -0.4 is 36.9 Å². The third kappa shape index (κ3) is 12.3.